The molecule has 3 rings (SSSR count). The van der Waals surface area contributed by atoms with Crippen LogP contribution in [0.25, 0.3) is 10.9 Å². The van der Waals surface area contributed by atoms with Crippen LogP contribution in [0.3, 0.4) is 0 Å². The van der Waals surface area contributed by atoms with Crippen molar-refractivity contribution < 1.29 is 23.8 Å². The highest BCUT2D eigenvalue weighted by molar-refractivity contribution is 9.10. The number of hydrogen-bond acceptors (Lipinski definition) is 6. The third kappa shape index (κ3) is 4.37. The van der Waals surface area contributed by atoms with Gasteiger partial charge in [0.05, 0.1) is 26.4 Å². The molecule has 2 N–H and O–H groups in total. The van der Waals surface area contributed by atoms with Gasteiger partial charge < -0.3 is 24.5 Å². The Hall–Kier alpha value is -3.00. The molecule has 8 heteroatoms. The van der Waals surface area contributed by atoms with Crippen molar-refractivity contribution in [3.8, 4) is 5.75 Å². The molecular formula is C21H21BrN2O5. The molecule has 1 atom stereocenters. The molecule has 7 nitrogen and oxygen atoms in total. The zero-order valence-corrected chi connectivity index (χ0v) is 17.8. The minimum Gasteiger partial charge on any atom is -0.497 e. The van der Waals surface area contributed by atoms with Gasteiger partial charge in [0.25, 0.3) is 0 Å². The second kappa shape index (κ2) is 9.00. The smallest absolute Gasteiger partial charge is 0.339 e. The maximum absolute atomic E-state index is 12.7. The Balaban J connectivity index is 2.05. The number of H-pyrrole nitrogens is 1. The van der Waals surface area contributed by atoms with E-state index >= 15 is 0 Å². The van der Waals surface area contributed by atoms with Gasteiger partial charge in [-0.05, 0) is 59.3 Å². The Morgan fingerprint density at radius 1 is 1.17 bits per heavy atom. The number of methoxy groups -OCH3 is 2. The summed E-state index contributed by atoms with van der Waals surface area (Å²) in [6.45, 7) is 2.00. The van der Waals surface area contributed by atoms with Gasteiger partial charge in [0.15, 0.2) is 6.04 Å². The van der Waals surface area contributed by atoms with Gasteiger partial charge in [-0.25, -0.2) is 9.59 Å². The average molecular weight is 461 g/mol. The lowest BCUT2D eigenvalue weighted by molar-refractivity contribution is -0.144. The molecule has 0 aliphatic carbocycles. The van der Waals surface area contributed by atoms with Crippen molar-refractivity contribution in [2.45, 2.75) is 13.0 Å². The summed E-state index contributed by atoms with van der Waals surface area (Å²) in [6, 6.07) is 9.93. The molecule has 0 aliphatic heterocycles. The lowest BCUT2D eigenvalue weighted by atomic mass is 10.0. The predicted octanol–water partition coefficient (Wildman–Crippen LogP) is 4.44. The number of esters is 2. The normalized spacial score (nSPS) is 11.7. The van der Waals surface area contributed by atoms with E-state index in [1.54, 1.807) is 44.5 Å². The van der Waals surface area contributed by atoms with E-state index in [9.17, 15) is 9.59 Å². The average Bonchev–Trinajstić information content (AvgIpc) is 3.13. The molecule has 1 heterocycles. The monoisotopic (exact) mass is 460 g/mol. The first-order chi connectivity index (χ1) is 14.0. The summed E-state index contributed by atoms with van der Waals surface area (Å²) in [4.78, 5) is 28.0. The molecule has 0 fully saturated rings. The van der Waals surface area contributed by atoms with Crippen molar-refractivity contribution in [1.82, 2.24) is 4.98 Å². The zero-order valence-electron chi connectivity index (χ0n) is 16.2. The fraction of sp³-hybridized carbons (Fsp3) is 0.238. The van der Waals surface area contributed by atoms with Gasteiger partial charge in [0.2, 0.25) is 0 Å². The minimum absolute atomic E-state index is 0.251. The fourth-order valence-electron chi connectivity index (χ4n) is 3.01. The van der Waals surface area contributed by atoms with E-state index in [4.69, 9.17) is 14.2 Å². The van der Waals surface area contributed by atoms with Gasteiger partial charge in [0, 0.05) is 32.8 Å². The number of aromatic nitrogens is 1. The van der Waals surface area contributed by atoms with E-state index < -0.39 is 18.0 Å². The summed E-state index contributed by atoms with van der Waals surface area (Å²) >= 11 is 3.39. The topological polar surface area (TPSA) is 89.7 Å². The quantitative estimate of drug-likeness (QED) is 0.506. The van der Waals surface area contributed by atoms with Gasteiger partial charge in [-0.15, -0.1) is 0 Å². The summed E-state index contributed by atoms with van der Waals surface area (Å²) in [5, 5.41) is 3.92. The van der Waals surface area contributed by atoms with Crippen molar-refractivity contribution in [3.63, 3.8) is 0 Å². The third-order valence-electron chi connectivity index (χ3n) is 4.44. The standard InChI is InChI=1S/C21H21BrN2O5/c1-4-29-21(26)19(24-12-5-7-13(27-2)8-6-12)16-11-23-18-10-17(22)15(9-14(16)18)20(25)28-3/h5-11,19,23-24H,4H2,1-3H3. The number of nitrogens with one attached hydrogen (secondary N) is 2. The molecule has 0 saturated carbocycles. The number of carbonyl (C=O) groups excluding carboxylic acids is 2. The van der Waals surface area contributed by atoms with Crippen LogP contribution in [0.2, 0.25) is 0 Å². The number of ether oxygens (including phenoxy) is 3. The van der Waals surface area contributed by atoms with Gasteiger partial charge in [-0.3, -0.25) is 0 Å². The number of benzene rings is 2. The lowest BCUT2D eigenvalue weighted by Crippen LogP contribution is -2.23. The van der Waals surface area contributed by atoms with Gasteiger partial charge in [-0.1, -0.05) is 0 Å². The largest absolute Gasteiger partial charge is 0.497 e. The molecule has 2 aromatic carbocycles. The maximum atomic E-state index is 12.7. The number of carbonyl (C=O) groups is 2. The molecule has 0 saturated heterocycles. The zero-order chi connectivity index (χ0) is 21.0. The van der Waals surface area contributed by atoms with E-state index in [0.29, 0.717) is 26.7 Å². The number of aromatic amines is 1. The molecule has 0 radical (unpaired) electrons. The van der Waals surface area contributed by atoms with Crippen LogP contribution in [0.4, 0.5) is 5.69 Å². The van der Waals surface area contributed by atoms with Crippen LogP contribution in [-0.4, -0.2) is 37.7 Å². The molecule has 29 heavy (non-hydrogen) atoms. The van der Waals surface area contributed by atoms with Crippen molar-refractivity contribution in [3.05, 3.63) is 58.2 Å². The number of anilines is 1. The highest BCUT2D eigenvalue weighted by Crippen LogP contribution is 2.32. The number of hydrogen-bond donors (Lipinski definition) is 2. The number of fused-ring (bicyclic) bond motifs is 1. The first kappa shape index (κ1) is 20.7. The predicted molar refractivity (Wildman–Crippen MR) is 113 cm³/mol. The SMILES string of the molecule is CCOC(=O)C(Nc1ccc(OC)cc1)c1c[nH]c2cc(Br)c(C(=O)OC)cc12. The molecule has 1 aromatic heterocycles. The van der Waals surface area contributed by atoms with Crippen molar-refractivity contribution >= 4 is 44.5 Å². The van der Waals surface area contributed by atoms with Crippen LogP contribution < -0.4 is 10.1 Å². The van der Waals surface area contributed by atoms with Gasteiger partial charge >= 0.3 is 11.9 Å². The van der Waals surface area contributed by atoms with E-state index in [1.807, 2.05) is 12.1 Å². The van der Waals surface area contributed by atoms with E-state index in [2.05, 4.69) is 26.2 Å². The van der Waals surface area contributed by atoms with Crippen LogP contribution in [0.5, 0.6) is 5.75 Å². The van der Waals surface area contributed by atoms with E-state index in [0.717, 1.165) is 11.2 Å². The first-order valence-corrected chi connectivity index (χ1v) is 9.73. The number of halogens is 1. The molecular weight excluding hydrogens is 440 g/mol. The summed E-state index contributed by atoms with van der Waals surface area (Å²) in [6.07, 6.45) is 1.73. The van der Waals surface area contributed by atoms with Crippen LogP contribution in [0.1, 0.15) is 28.9 Å². The maximum Gasteiger partial charge on any atom is 0.339 e. The Morgan fingerprint density at radius 2 is 1.90 bits per heavy atom. The molecule has 0 bridgehead atoms. The van der Waals surface area contributed by atoms with Crippen LogP contribution in [0.15, 0.2) is 47.1 Å². The van der Waals surface area contributed by atoms with E-state index in [1.165, 1.54) is 7.11 Å². The van der Waals surface area contributed by atoms with Crippen LogP contribution in [-0.2, 0) is 14.3 Å². The third-order valence-corrected chi connectivity index (χ3v) is 5.10. The molecule has 0 spiro atoms. The Bertz CT molecular complexity index is 1030. The Morgan fingerprint density at radius 3 is 2.52 bits per heavy atom. The molecule has 0 aliphatic rings. The van der Waals surface area contributed by atoms with E-state index in [-0.39, 0.29) is 6.61 Å². The molecule has 3 aromatic rings. The summed E-state index contributed by atoms with van der Waals surface area (Å²) < 4.78 is 15.9. The van der Waals surface area contributed by atoms with Crippen molar-refractivity contribution in [1.29, 1.82) is 0 Å². The van der Waals surface area contributed by atoms with Crippen molar-refractivity contribution in [2.24, 2.45) is 0 Å². The van der Waals surface area contributed by atoms with Gasteiger partial charge in [0.1, 0.15) is 5.75 Å². The second-order valence-corrected chi connectivity index (χ2v) is 7.03. The second-order valence-electron chi connectivity index (χ2n) is 6.17. The minimum atomic E-state index is -0.774. The Kier molecular flexibility index (Phi) is 6.43. The molecule has 1 unspecified atom stereocenters. The lowest BCUT2D eigenvalue weighted by Gasteiger charge is -2.18. The highest BCUT2D eigenvalue weighted by Gasteiger charge is 2.26. The molecule has 152 valence electrons. The summed E-state index contributed by atoms with van der Waals surface area (Å²) in [7, 11) is 2.91. The number of rotatable bonds is 7. The summed E-state index contributed by atoms with van der Waals surface area (Å²) in [5.41, 5.74) is 2.52. The first-order valence-electron chi connectivity index (χ1n) is 8.94. The van der Waals surface area contributed by atoms with Crippen LogP contribution >= 0.6 is 15.9 Å². The van der Waals surface area contributed by atoms with Gasteiger partial charge in [-0.2, -0.15) is 0 Å². The van der Waals surface area contributed by atoms with Crippen molar-refractivity contribution in [2.75, 3.05) is 26.1 Å². The highest BCUT2D eigenvalue weighted by atomic mass is 79.9. The van der Waals surface area contributed by atoms with Crippen LogP contribution in [0, 0.1) is 0 Å². The fourth-order valence-corrected chi connectivity index (χ4v) is 3.52. The Labute approximate surface area is 176 Å². The molecule has 0 amide bonds. The summed E-state index contributed by atoms with van der Waals surface area (Å²) in [5.74, 6) is -0.184.